The van der Waals surface area contributed by atoms with Gasteiger partial charge in [0.1, 0.15) is 0 Å². The van der Waals surface area contributed by atoms with Crippen LogP contribution in [0.2, 0.25) is 0 Å². The Balaban J connectivity index is 2.00. The number of likely N-dealkylation sites (N-methyl/N-ethyl adjacent to an activating group) is 1. The molecule has 0 N–H and O–H groups in total. The van der Waals surface area contributed by atoms with Crippen molar-refractivity contribution in [2.75, 3.05) is 38.3 Å². The number of hydrogen-bond donors (Lipinski definition) is 0. The molecule has 0 aliphatic carbocycles. The van der Waals surface area contributed by atoms with Crippen LogP contribution >= 0.6 is 11.3 Å². The van der Waals surface area contributed by atoms with Gasteiger partial charge in [0.15, 0.2) is 15.0 Å². The summed E-state index contributed by atoms with van der Waals surface area (Å²) in [5, 5.41) is 0.653. The molecule has 0 radical (unpaired) electrons. The minimum absolute atomic E-state index is 0.191. The lowest BCUT2D eigenvalue weighted by atomic mass is 10.1. The number of hydrogen-bond acceptors (Lipinski definition) is 6. The number of aromatic nitrogens is 1. The molecular formula is C21H25N3O3S2. The third-order valence-electron chi connectivity index (χ3n) is 4.65. The highest BCUT2D eigenvalue weighted by atomic mass is 32.2. The smallest absolute Gasteiger partial charge is 0.260 e. The third-order valence-corrected chi connectivity index (χ3v) is 6.82. The first-order chi connectivity index (χ1) is 13.7. The summed E-state index contributed by atoms with van der Waals surface area (Å²) >= 11 is 1.50. The maximum atomic E-state index is 13.3. The maximum Gasteiger partial charge on any atom is 0.260 e. The third kappa shape index (κ3) is 4.83. The number of anilines is 1. The number of para-hydroxylation sites is 1. The van der Waals surface area contributed by atoms with Gasteiger partial charge in [0, 0.05) is 24.9 Å². The van der Waals surface area contributed by atoms with Crippen LogP contribution in [0.3, 0.4) is 0 Å². The number of carbonyl (C=O) groups is 1. The van der Waals surface area contributed by atoms with Crippen LogP contribution in [0.1, 0.15) is 22.8 Å². The van der Waals surface area contributed by atoms with Crippen molar-refractivity contribution in [1.29, 1.82) is 0 Å². The van der Waals surface area contributed by atoms with E-state index in [0.717, 1.165) is 28.5 Å². The average molecular weight is 432 g/mol. The standard InChI is InChI=1S/C21H25N3O3S2/c1-5-15-7-6-8-18-19(15)22-21(28-18)24(14-13-23(2)3)20(25)16-9-11-17(12-10-16)29(4,26)27/h6-12H,5,13-14H2,1-4H3. The second-order valence-electron chi connectivity index (χ2n) is 7.17. The molecule has 8 heteroatoms. The number of carbonyl (C=O) groups excluding carboxylic acids is 1. The molecular weight excluding hydrogens is 406 g/mol. The van der Waals surface area contributed by atoms with E-state index in [2.05, 4.69) is 13.0 Å². The number of benzene rings is 2. The van der Waals surface area contributed by atoms with Crippen LogP contribution in [0.15, 0.2) is 47.4 Å². The lowest BCUT2D eigenvalue weighted by molar-refractivity contribution is 0.0985. The van der Waals surface area contributed by atoms with Crippen LogP contribution in [0.4, 0.5) is 5.13 Å². The molecule has 0 unspecified atom stereocenters. The molecule has 0 aliphatic rings. The van der Waals surface area contributed by atoms with Crippen molar-refractivity contribution in [3.05, 3.63) is 53.6 Å². The summed E-state index contributed by atoms with van der Waals surface area (Å²) in [7, 11) is 0.605. The molecule has 6 nitrogen and oxygen atoms in total. The molecule has 2 aromatic carbocycles. The van der Waals surface area contributed by atoms with Crippen LogP contribution in [-0.2, 0) is 16.3 Å². The lowest BCUT2D eigenvalue weighted by Crippen LogP contribution is -2.36. The number of rotatable bonds is 7. The Morgan fingerprint density at radius 1 is 1.07 bits per heavy atom. The minimum atomic E-state index is -3.31. The highest BCUT2D eigenvalue weighted by Gasteiger charge is 2.22. The fraction of sp³-hybridized carbons (Fsp3) is 0.333. The number of amides is 1. The first-order valence-corrected chi connectivity index (χ1v) is 12.1. The monoisotopic (exact) mass is 431 g/mol. The van der Waals surface area contributed by atoms with Gasteiger partial charge in [0.2, 0.25) is 0 Å². The number of sulfone groups is 1. The molecule has 0 spiro atoms. The molecule has 1 amide bonds. The number of fused-ring (bicyclic) bond motifs is 1. The van der Waals surface area contributed by atoms with Crippen molar-refractivity contribution < 1.29 is 13.2 Å². The molecule has 0 saturated carbocycles. The Hall–Kier alpha value is -2.29. The fourth-order valence-electron chi connectivity index (χ4n) is 2.98. The van der Waals surface area contributed by atoms with Crippen LogP contribution in [0.5, 0.6) is 0 Å². The zero-order valence-electron chi connectivity index (χ0n) is 17.0. The Morgan fingerprint density at radius 2 is 1.76 bits per heavy atom. The summed E-state index contributed by atoms with van der Waals surface area (Å²) in [6.45, 7) is 3.26. The van der Waals surface area contributed by atoms with Crippen LogP contribution in [0, 0.1) is 0 Å². The van der Waals surface area contributed by atoms with Gasteiger partial charge in [-0.25, -0.2) is 13.4 Å². The Morgan fingerprint density at radius 3 is 2.34 bits per heavy atom. The topological polar surface area (TPSA) is 70.6 Å². The molecule has 1 heterocycles. The normalized spacial score (nSPS) is 11.9. The molecule has 154 valence electrons. The van der Waals surface area contributed by atoms with Crippen LogP contribution < -0.4 is 4.90 Å². The Kier molecular flexibility index (Phi) is 6.36. The van der Waals surface area contributed by atoms with Crippen molar-refractivity contribution in [1.82, 2.24) is 9.88 Å². The molecule has 0 fully saturated rings. The molecule has 1 aromatic heterocycles. The lowest BCUT2D eigenvalue weighted by Gasteiger charge is -2.22. The summed E-state index contributed by atoms with van der Waals surface area (Å²) in [6, 6.07) is 12.2. The minimum Gasteiger partial charge on any atom is -0.308 e. The summed E-state index contributed by atoms with van der Waals surface area (Å²) in [6.07, 6.45) is 2.03. The Labute approximate surface area is 175 Å². The summed E-state index contributed by atoms with van der Waals surface area (Å²) in [4.78, 5) is 21.9. The maximum absolute atomic E-state index is 13.3. The van der Waals surface area contributed by atoms with E-state index in [9.17, 15) is 13.2 Å². The van der Waals surface area contributed by atoms with E-state index in [-0.39, 0.29) is 10.8 Å². The summed E-state index contributed by atoms with van der Waals surface area (Å²) < 4.78 is 24.4. The Bertz CT molecular complexity index is 1120. The van der Waals surface area contributed by atoms with E-state index in [1.54, 1.807) is 17.0 Å². The average Bonchev–Trinajstić information content (AvgIpc) is 3.11. The van der Waals surface area contributed by atoms with Crippen molar-refractivity contribution >= 4 is 42.4 Å². The van der Waals surface area contributed by atoms with Crippen molar-refractivity contribution in [2.24, 2.45) is 0 Å². The summed E-state index contributed by atoms with van der Waals surface area (Å²) in [5.74, 6) is -0.191. The molecule has 3 rings (SSSR count). The van der Waals surface area contributed by atoms with E-state index in [1.165, 1.54) is 23.5 Å². The van der Waals surface area contributed by atoms with E-state index in [0.29, 0.717) is 23.8 Å². The van der Waals surface area contributed by atoms with E-state index in [1.807, 2.05) is 31.1 Å². The van der Waals surface area contributed by atoms with Gasteiger partial charge >= 0.3 is 0 Å². The molecule has 0 aliphatic heterocycles. The van der Waals surface area contributed by atoms with Gasteiger partial charge in [0.25, 0.3) is 5.91 Å². The number of nitrogens with zero attached hydrogens (tertiary/aromatic N) is 3. The first kappa shape index (κ1) is 21.4. The second kappa shape index (κ2) is 8.61. The largest absolute Gasteiger partial charge is 0.308 e. The van der Waals surface area contributed by atoms with Gasteiger partial charge in [0.05, 0.1) is 15.1 Å². The van der Waals surface area contributed by atoms with Gasteiger partial charge in [-0.3, -0.25) is 9.69 Å². The highest BCUT2D eigenvalue weighted by Crippen LogP contribution is 2.32. The van der Waals surface area contributed by atoms with Crippen LogP contribution in [-0.4, -0.2) is 57.6 Å². The predicted molar refractivity (Wildman–Crippen MR) is 119 cm³/mol. The van der Waals surface area contributed by atoms with E-state index in [4.69, 9.17) is 4.98 Å². The molecule has 29 heavy (non-hydrogen) atoms. The molecule has 0 atom stereocenters. The van der Waals surface area contributed by atoms with Gasteiger partial charge in [-0.1, -0.05) is 30.4 Å². The quantitative estimate of drug-likeness (QED) is 0.573. The number of thiazole rings is 1. The van der Waals surface area contributed by atoms with Gasteiger partial charge in [-0.05, 0) is 56.4 Å². The van der Waals surface area contributed by atoms with E-state index < -0.39 is 9.84 Å². The number of aryl methyl sites for hydroxylation is 1. The van der Waals surface area contributed by atoms with Gasteiger partial charge in [-0.15, -0.1) is 0 Å². The second-order valence-corrected chi connectivity index (χ2v) is 10.2. The highest BCUT2D eigenvalue weighted by molar-refractivity contribution is 7.90. The first-order valence-electron chi connectivity index (χ1n) is 9.36. The van der Waals surface area contributed by atoms with Crippen molar-refractivity contribution in [2.45, 2.75) is 18.2 Å². The van der Waals surface area contributed by atoms with Crippen molar-refractivity contribution in [3.63, 3.8) is 0 Å². The SMILES string of the molecule is CCc1cccc2sc(N(CCN(C)C)C(=O)c3ccc(S(C)(=O)=O)cc3)nc12. The van der Waals surface area contributed by atoms with E-state index >= 15 is 0 Å². The van der Waals surface area contributed by atoms with Gasteiger partial charge < -0.3 is 4.90 Å². The zero-order valence-corrected chi connectivity index (χ0v) is 18.7. The predicted octanol–water partition coefficient (Wildman–Crippen LogP) is 3.47. The van der Waals surface area contributed by atoms with Crippen LogP contribution in [0.25, 0.3) is 10.2 Å². The molecule has 0 saturated heterocycles. The van der Waals surface area contributed by atoms with Gasteiger partial charge in [-0.2, -0.15) is 0 Å². The summed E-state index contributed by atoms with van der Waals surface area (Å²) in [5.41, 5.74) is 2.53. The molecule has 0 bridgehead atoms. The van der Waals surface area contributed by atoms with Crippen molar-refractivity contribution in [3.8, 4) is 0 Å². The molecule has 3 aromatic rings. The zero-order chi connectivity index (χ0) is 21.2. The fourth-order valence-corrected chi connectivity index (χ4v) is 4.65.